The Labute approximate surface area is 180 Å². The molecule has 0 saturated carbocycles. The van der Waals surface area contributed by atoms with Gasteiger partial charge in [0.2, 0.25) is 17.6 Å². The molecule has 7 heteroatoms. The molecular formula is C22H35ClN4O2. The third kappa shape index (κ3) is 9.41. The second kappa shape index (κ2) is 14.1. The Bertz CT molecular complexity index is 701. The molecule has 2 aromatic rings. The molecule has 0 bridgehead atoms. The van der Waals surface area contributed by atoms with Gasteiger partial charge in [-0.3, -0.25) is 4.79 Å². The van der Waals surface area contributed by atoms with Gasteiger partial charge >= 0.3 is 0 Å². The van der Waals surface area contributed by atoms with E-state index in [0.717, 1.165) is 12.0 Å². The number of carbonyl (C=O) groups excluding carboxylic acids is 1. The van der Waals surface area contributed by atoms with E-state index in [4.69, 9.17) is 10.3 Å². The summed E-state index contributed by atoms with van der Waals surface area (Å²) in [5.41, 5.74) is 7.75. The lowest BCUT2D eigenvalue weighted by atomic mass is 10.0. The number of benzene rings is 1. The Morgan fingerprint density at radius 2 is 1.69 bits per heavy atom. The van der Waals surface area contributed by atoms with E-state index in [2.05, 4.69) is 34.5 Å². The Balaban J connectivity index is 0.00000420. The molecule has 0 aliphatic carbocycles. The number of hydrogen-bond donors (Lipinski definition) is 2. The van der Waals surface area contributed by atoms with Gasteiger partial charge in [-0.1, -0.05) is 81.3 Å². The SMILES string of the molecule is CCCCCCCCCCc1ccc(-c2noc(CNC(=O)C(C)N)n2)cc1.Cl. The zero-order valence-corrected chi connectivity index (χ0v) is 18.5. The third-order valence-corrected chi connectivity index (χ3v) is 4.83. The predicted molar refractivity (Wildman–Crippen MR) is 119 cm³/mol. The van der Waals surface area contributed by atoms with Crippen molar-refractivity contribution in [3.05, 3.63) is 35.7 Å². The molecule has 1 aromatic carbocycles. The molecule has 29 heavy (non-hydrogen) atoms. The van der Waals surface area contributed by atoms with E-state index in [1.54, 1.807) is 6.92 Å². The van der Waals surface area contributed by atoms with Crippen LogP contribution in [0.15, 0.2) is 28.8 Å². The smallest absolute Gasteiger partial charge is 0.246 e. The number of nitrogens with two attached hydrogens (primary N) is 1. The molecule has 0 saturated heterocycles. The van der Waals surface area contributed by atoms with Crippen molar-refractivity contribution in [2.45, 2.75) is 84.2 Å². The number of hydrogen-bond acceptors (Lipinski definition) is 5. The number of nitrogens with zero attached hydrogens (tertiary/aromatic N) is 2. The van der Waals surface area contributed by atoms with Crippen LogP contribution < -0.4 is 11.1 Å². The van der Waals surface area contributed by atoms with Crippen molar-refractivity contribution in [3.63, 3.8) is 0 Å². The van der Waals surface area contributed by atoms with Gasteiger partial charge < -0.3 is 15.6 Å². The fourth-order valence-electron chi connectivity index (χ4n) is 3.05. The van der Waals surface area contributed by atoms with E-state index in [1.807, 2.05) is 12.1 Å². The Morgan fingerprint density at radius 3 is 2.31 bits per heavy atom. The number of aryl methyl sites for hydroxylation is 1. The van der Waals surface area contributed by atoms with Crippen LogP contribution in [-0.4, -0.2) is 22.1 Å². The monoisotopic (exact) mass is 422 g/mol. The summed E-state index contributed by atoms with van der Waals surface area (Å²) >= 11 is 0. The van der Waals surface area contributed by atoms with Gasteiger partial charge in [-0.25, -0.2) is 0 Å². The van der Waals surface area contributed by atoms with Crippen LogP contribution in [0.3, 0.4) is 0 Å². The van der Waals surface area contributed by atoms with Gasteiger partial charge in [0.15, 0.2) is 0 Å². The number of unbranched alkanes of at least 4 members (excludes halogenated alkanes) is 7. The molecule has 1 heterocycles. The van der Waals surface area contributed by atoms with Crippen molar-refractivity contribution in [3.8, 4) is 11.4 Å². The molecule has 1 amide bonds. The molecule has 0 fully saturated rings. The molecule has 0 spiro atoms. The van der Waals surface area contributed by atoms with E-state index < -0.39 is 6.04 Å². The Morgan fingerprint density at radius 1 is 1.07 bits per heavy atom. The topological polar surface area (TPSA) is 94.0 Å². The van der Waals surface area contributed by atoms with Gasteiger partial charge in [-0.15, -0.1) is 12.4 Å². The van der Waals surface area contributed by atoms with Crippen LogP contribution in [0.25, 0.3) is 11.4 Å². The van der Waals surface area contributed by atoms with Crippen LogP contribution in [0.2, 0.25) is 0 Å². The van der Waals surface area contributed by atoms with Crippen LogP contribution in [0.1, 0.15) is 76.7 Å². The summed E-state index contributed by atoms with van der Waals surface area (Å²) in [6, 6.07) is 7.75. The lowest BCUT2D eigenvalue weighted by Gasteiger charge is -2.04. The van der Waals surface area contributed by atoms with Crippen LogP contribution in [-0.2, 0) is 17.8 Å². The summed E-state index contributed by atoms with van der Waals surface area (Å²) in [7, 11) is 0. The summed E-state index contributed by atoms with van der Waals surface area (Å²) in [6.45, 7) is 4.07. The van der Waals surface area contributed by atoms with E-state index >= 15 is 0 Å². The second-order valence-electron chi connectivity index (χ2n) is 7.44. The quantitative estimate of drug-likeness (QED) is 0.452. The number of rotatable bonds is 13. The van der Waals surface area contributed by atoms with Crippen molar-refractivity contribution >= 4 is 18.3 Å². The Kier molecular flexibility index (Phi) is 12.2. The zero-order chi connectivity index (χ0) is 20.2. The van der Waals surface area contributed by atoms with Gasteiger partial charge in [-0.05, 0) is 25.3 Å². The average molecular weight is 423 g/mol. The van der Waals surface area contributed by atoms with Gasteiger partial charge in [0.05, 0.1) is 12.6 Å². The first-order valence-electron chi connectivity index (χ1n) is 10.6. The van der Waals surface area contributed by atoms with Crippen LogP contribution in [0, 0.1) is 0 Å². The fraction of sp³-hybridized carbons (Fsp3) is 0.591. The molecular weight excluding hydrogens is 388 g/mol. The molecule has 162 valence electrons. The number of amides is 1. The second-order valence-corrected chi connectivity index (χ2v) is 7.44. The standard InChI is InChI=1S/C22H34N4O2.ClH/c1-3-4-5-6-7-8-9-10-11-18-12-14-19(15-13-18)21-25-20(28-26-21)16-24-22(27)17(2)23;/h12-15,17H,3-11,16,23H2,1-2H3,(H,24,27);1H. The highest BCUT2D eigenvalue weighted by atomic mass is 35.5. The molecule has 1 unspecified atom stereocenters. The highest BCUT2D eigenvalue weighted by molar-refractivity contribution is 5.85. The van der Waals surface area contributed by atoms with Crippen molar-refractivity contribution in [2.24, 2.45) is 5.73 Å². The predicted octanol–water partition coefficient (Wildman–Crippen LogP) is 4.81. The number of aromatic nitrogens is 2. The van der Waals surface area contributed by atoms with Crippen molar-refractivity contribution in [1.82, 2.24) is 15.5 Å². The first kappa shape index (κ1) is 25.1. The van der Waals surface area contributed by atoms with E-state index in [-0.39, 0.29) is 24.9 Å². The van der Waals surface area contributed by atoms with Crippen molar-refractivity contribution < 1.29 is 9.32 Å². The molecule has 1 atom stereocenters. The molecule has 1 aromatic heterocycles. The van der Waals surface area contributed by atoms with E-state index in [0.29, 0.717) is 11.7 Å². The van der Waals surface area contributed by atoms with E-state index in [1.165, 1.54) is 56.9 Å². The van der Waals surface area contributed by atoms with Crippen LogP contribution in [0.5, 0.6) is 0 Å². The number of carbonyl (C=O) groups is 1. The van der Waals surface area contributed by atoms with E-state index in [9.17, 15) is 4.79 Å². The largest absolute Gasteiger partial charge is 0.346 e. The number of halogens is 1. The third-order valence-electron chi connectivity index (χ3n) is 4.83. The van der Waals surface area contributed by atoms with Crippen molar-refractivity contribution in [2.75, 3.05) is 0 Å². The first-order valence-corrected chi connectivity index (χ1v) is 10.6. The maximum atomic E-state index is 11.5. The van der Waals surface area contributed by atoms with Gasteiger partial charge in [-0.2, -0.15) is 4.98 Å². The number of nitrogens with one attached hydrogen (secondary N) is 1. The molecule has 2 rings (SSSR count). The summed E-state index contributed by atoms with van der Waals surface area (Å²) in [4.78, 5) is 15.8. The lowest BCUT2D eigenvalue weighted by molar-refractivity contribution is -0.122. The molecule has 6 nitrogen and oxygen atoms in total. The zero-order valence-electron chi connectivity index (χ0n) is 17.7. The maximum Gasteiger partial charge on any atom is 0.246 e. The summed E-state index contributed by atoms with van der Waals surface area (Å²) < 4.78 is 5.19. The lowest BCUT2D eigenvalue weighted by Crippen LogP contribution is -2.37. The maximum absolute atomic E-state index is 11.5. The molecule has 0 radical (unpaired) electrons. The molecule has 0 aliphatic rings. The normalized spacial score (nSPS) is 11.7. The first-order chi connectivity index (χ1) is 13.6. The van der Waals surface area contributed by atoms with Crippen LogP contribution >= 0.6 is 12.4 Å². The summed E-state index contributed by atoms with van der Waals surface area (Å²) in [6.07, 6.45) is 11.8. The van der Waals surface area contributed by atoms with Gasteiger partial charge in [0, 0.05) is 5.56 Å². The van der Waals surface area contributed by atoms with Gasteiger partial charge in [0.1, 0.15) is 0 Å². The fourth-order valence-corrected chi connectivity index (χ4v) is 3.05. The molecule has 3 N–H and O–H groups in total. The minimum absolute atomic E-state index is 0. The van der Waals surface area contributed by atoms with Crippen molar-refractivity contribution in [1.29, 1.82) is 0 Å². The highest BCUT2D eigenvalue weighted by Crippen LogP contribution is 2.18. The molecule has 0 aliphatic heterocycles. The minimum atomic E-state index is -0.559. The Hall–Kier alpha value is -1.92. The van der Waals surface area contributed by atoms with Gasteiger partial charge in [0.25, 0.3) is 0 Å². The highest BCUT2D eigenvalue weighted by Gasteiger charge is 2.11. The average Bonchev–Trinajstić information content (AvgIpc) is 3.17. The minimum Gasteiger partial charge on any atom is -0.346 e. The summed E-state index contributed by atoms with van der Waals surface area (Å²) in [5, 5.41) is 6.65. The summed E-state index contributed by atoms with van der Waals surface area (Å²) in [5.74, 6) is 0.653. The van der Waals surface area contributed by atoms with Crippen LogP contribution in [0.4, 0.5) is 0 Å².